The molecule has 128 valence electrons. The third kappa shape index (κ3) is 2.73. The van der Waals surface area contributed by atoms with Gasteiger partial charge in [0.25, 0.3) is 0 Å². The van der Waals surface area contributed by atoms with Crippen LogP contribution in [0.1, 0.15) is 46.1 Å². The molecule has 23 heavy (non-hydrogen) atoms. The van der Waals surface area contributed by atoms with Crippen LogP contribution in [0.15, 0.2) is 18.7 Å². The molecule has 0 radical (unpaired) electrons. The number of urea groups is 1. The summed E-state index contributed by atoms with van der Waals surface area (Å²) < 4.78 is 7.78. The monoisotopic (exact) mass is 320 g/mol. The lowest BCUT2D eigenvalue weighted by molar-refractivity contribution is -0.177. The second-order valence-electron chi connectivity index (χ2n) is 7.59. The van der Waals surface area contributed by atoms with Crippen molar-refractivity contribution in [3.05, 3.63) is 18.7 Å². The largest absolute Gasteiger partial charge is 0.378 e. The maximum absolute atomic E-state index is 12.5. The van der Waals surface area contributed by atoms with E-state index in [-0.39, 0.29) is 23.1 Å². The number of aromatic nitrogens is 2. The summed E-state index contributed by atoms with van der Waals surface area (Å²) in [6.45, 7) is 8.03. The van der Waals surface area contributed by atoms with Crippen molar-refractivity contribution in [3.8, 4) is 0 Å². The van der Waals surface area contributed by atoms with Gasteiger partial charge in [0.1, 0.15) is 0 Å². The van der Waals surface area contributed by atoms with Gasteiger partial charge in [0.05, 0.1) is 11.9 Å². The molecule has 1 saturated carbocycles. The summed E-state index contributed by atoms with van der Waals surface area (Å²) in [7, 11) is 1.75. The van der Waals surface area contributed by atoms with Gasteiger partial charge in [0, 0.05) is 50.1 Å². The summed E-state index contributed by atoms with van der Waals surface area (Å²) in [6, 6.07) is 0.690. The molecule has 2 amide bonds. The Morgan fingerprint density at radius 1 is 1.30 bits per heavy atom. The standard InChI is InChI=1S/C17H28N4O2/c1-16(2)14(11-17(16,3)23-4)19-15(22)20-8-5-13(6-9-20)21-10-7-18-12-21/h7,10,12-14H,5-6,8-9,11H2,1-4H3,(H,19,22)/t14-,17-/m1/s1. The Morgan fingerprint density at radius 2 is 2.00 bits per heavy atom. The fourth-order valence-electron chi connectivity index (χ4n) is 3.82. The molecule has 6 nitrogen and oxygen atoms in total. The van der Waals surface area contributed by atoms with Gasteiger partial charge < -0.3 is 19.5 Å². The minimum Gasteiger partial charge on any atom is -0.378 e. The van der Waals surface area contributed by atoms with Crippen LogP contribution in [0.4, 0.5) is 4.79 Å². The number of rotatable bonds is 3. The molecule has 1 aliphatic carbocycles. The molecule has 1 aliphatic heterocycles. The van der Waals surface area contributed by atoms with E-state index in [2.05, 4.69) is 35.6 Å². The second-order valence-corrected chi connectivity index (χ2v) is 7.59. The molecular formula is C17H28N4O2. The number of piperidine rings is 1. The smallest absolute Gasteiger partial charge is 0.317 e. The minimum absolute atomic E-state index is 0.0491. The molecule has 2 atom stereocenters. The maximum Gasteiger partial charge on any atom is 0.317 e. The van der Waals surface area contributed by atoms with Crippen molar-refractivity contribution in [1.29, 1.82) is 0 Å². The Bertz CT molecular complexity index is 549. The first-order valence-electron chi connectivity index (χ1n) is 8.45. The van der Waals surface area contributed by atoms with E-state index in [1.165, 1.54) is 0 Å². The third-order valence-electron chi connectivity index (χ3n) is 6.27. The van der Waals surface area contributed by atoms with Crippen molar-refractivity contribution in [1.82, 2.24) is 19.8 Å². The summed E-state index contributed by atoms with van der Waals surface area (Å²) in [5.74, 6) is 0. The molecular weight excluding hydrogens is 292 g/mol. The van der Waals surface area contributed by atoms with Crippen LogP contribution in [0.25, 0.3) is 0 Å². The first-order valence-corrected chi connectivity index (χ1v) is 8.45. The highest BCUT2D eigenvalue weighted by Crippen LogP contribution is 2.51. The van der Waals surface area contributed by atoms with Gasteiger partial charge >= 0.3 is 6.03 Å². The van der Waals surface area contributed by atoms with Crippen molar-refractivity contribution in [2.45, 2.75) is 57.7 Å². The predicted octanol–water partition coefficient (Wildman–Crippen LogP) is 2.43. The van der Waals surface area contributed by atoms with Crippen LogP contribution in [0.5, 0.6) is 0 Å². The summed E-state index contributed by atoms with van der Waals surface area (Å²) in [4.78, 5) is 18.6. The number of methoxy groups -OCH3 is 1. The summed E-state index contributed by atoms with van der Waals surface area (Å²) in [6.07, 6.45) is 8.51. The van der Waals surface area contributed by atoms with Crippen LogP contribution >= 0.6 is 0 Å². The van der Waals surface area contributed by atoms with Crippen LogP contribution in [0.2, 0.25) is 0 Å². The normalized spacial score (nSPS) is 30.8. The fourth-order valence-corrected chi connectivity index (χ4v) is 3.82. The van der Waals surface area contributed by atoms with Crippen LogP contribution in [-0.4, -0.2) is 52.3 Å². The molecule has 2 fully saturated rings. The number of amides is 2. The van der Waals surface area contributed by atoms with Gasteiger partial charge in [-0.1, -0.05) is 13.8 Å². The highest BCUT2D eigenvalue weighted by molar-refractivity contribution is 5.75. The minimum atomic E-state index is -0.153. The lowest BCUT2D eigenvalue weighted by Crippen LogP contribution is -2.69. The molecule has 2 heterocycles. The average Bonchev–Trinajstić information content (AvgIpc) is 3.08. The van der Waals surface area contributed by atoms with E-state index in [1.807, 2.05) is 23.6 Å². The van der Waals surface area contributed by atoms with E-state index in [0.29, 0.717) is 6.04 Å². The molecule has 0 spiro atoms. The van der Waals surface area contributed by atoms with Crippen molar-refractivity contribution >= 4 is 6.03 Å². The molecule has 1 aromatic rings. The van der Waals surface area contributed by atoms with E-state index in [9.17, 15) is 4.79 Å². The number of ether oxygens (including phenoxy) is 1. The van der Waals surface area contributed by atoms with E-state index < -0.39 is 0 Å². The zero-order valence-corrected chi connectivity index (χ0v) is 14.6. The lowest BCUT2D eigenvalue weighted by Gasteiger charge is -2.59. The van der Waals surface area contributed by atoms with Gasteiger partial charge in [-0.25, -0.2) is 9.78 Å². The summed E-state index contributed by atoms with van der Waals surface area (Å²) >= 11 is 0. The van der Waals surface area contributed by atoms with E-state index in [1.54, 1.807) is 7.11 Å². The molecule has 0 unspecified atom stereocenters. The summed E-state index contributed by atoms with van der Waals surface area (Å²) in [5, 5.41) is 3.20. The molecule has 3 rings (SSSR count). The van der Waals surface area contributed by atoms with Crippen molar-refractivity contribution < 1.29 is 9.53 Å². The van der Waals surface area contributed by atoms with Gasteiger partial charge in [-0.05, 0) is 26.2 Å². The molecule has 6 heteroatoms. The van der Waals surface area contributed by atoms with Gasteiger partial charge in [0.2, 0.25) is 0 Å². The molecule has 1 saturated heterocycles. The van der Waals surface area contributed by atoms with Crippen molar-refractivity contribution in [3.63, 3.8) is 0 Å². The van der Waals surface area contributed by atoms with Gasteiger partial charge in [-0.2, -0.15) is 0 Å². The quantitative estimate of drug-likeness (QED) is 0.930. The van der Waals surface area contributed by atoms with Crippen LogP contribution in [-0.2, 0) is 4.74 Å². The van der Waals surface area contributed by atoms with Crippen molar-refractivity contribution in [2.24, 2.45) is 5.41 Å². The Labute approximate surface area is 138 Å². The number of nitrogens with one attached hydrogen (secondary N) is 1. The van der Waals surface area contributed by atoms with E-state index in [0.717, 1.165) is 32.4 Å². The average molecular weight is 320 g/mol. The SMILES string of the molecule is CO[C@]1(C)C[C@@H](NC(=O)N2CCC(n3ccnc3)CC2)C1(C)C. The molecule has 1 aromatic heterocycles. The van der Waals surface area contributed by atoms with Gasteiger partial charge in [0.15, 0.2) is 0 Å². The predicted molar refractivity (Wildman–Crippen MR) is 88.2 cm³/mol. The lowest BCUT2D eigenvalue weighted by atomic mass is 9.56. The molecule has 2 aliphatic rings. The topological polar surface area (TPSA) is 59.4 Å². The number of imidazole rings is 1. The van der Waals surface area contributed by atoms with Crippen LogP contribution in [0.3, 0.4) is 0 Å². The Hall–Kier alpha value is -1.56. The van der Waals surface area contributed by atoms with E-state index >= 15 is 0 Å². The van der Waals surface area contributed by atoms with Crippen LogP contribution in [0, 0.1) is 5.41 Å². The number of nitrogens with zero attached hydrogens (tertiary/aromatic N) is 3. The highest BCUT2D eigenvalue weighted by Gasteiger charge is 2.58. The number of hydrogen-bond acceptors (Lipinski definition) is 3. The zero-order valence-electron chi connectivity index (χ0n) is 14.6. The number of carbonyl (C=O) groups excluding carboxylic acids is 1. The maximum atomic E-state index is 12.5. The molecule has 0 aromatic carbocycles. The number of carbonyl (C=O) groups is 1. The fraction of sp³-hybridized carbons (Fsp3) is 0.765. The number of likely N-dealkylation sites (tertiary alicyclic amines) is 1. The molecule has 1 N–H and O–H groups in total. The highest BCUT2D eigenvalue weighted by atomic mass is 16.5. The molecule has 0 bridgehead atoms. The van der Waals surface area contributed by atoms with Gasteiger partial charge in [-0.3, -0.25) is 0 Å². The Kier molecular flexibility index (Phi) is 4.12. The first kappa shape index (κ1) is 16.3. The van der Waals surface area contributed by atoms with E-state index in [4.69, 9.17) is 4.74 Å². The Balaban J connectivity index is 1.51. The van der Waals surface area contributed by atoms with Crippen LogP contribution < -0.4 is 5.32 Å². The zero-order chi connectivity index (χ0) is 16.7. The third-order valence-corrected chi connectivity index (χ3v) is 6.27. The van der Waals surface area contributed by atoms with Crippen molar-refractivity contribution in [2.75, 3.05) is 20.2 Å². The number of hydrogen-bond donors (Lipinski definition) is 1. The summed E-state index contributed by atoms with van der Waals surface area (Å²) in [5.41, 5.74) is -0.202. The first-order chi connectivity index (χ1) is 10.9. The van der Waals surface area contributed by atoms with Gasteiger partial charge in [-0.15, -0.1) is 0 Å². The second kappa shape index (κ2) is 5.82. The Morgan fingerprint density at radius 3 is 2.52 bits per heavy atom.